The summed E-state index contributed by atoms with van der Waals surface area (Å²) in [4.78, 5) is 42.0. The number of carbonyl (C=O) groups is 3. The topological polar surface area (TPSA) is 79.0 Å². The van der Waals surface area contributed by atoms with Crippen LogP contribution in [0.3, 0.4) is 0 Å². The number of morpholine rings is 1. The van der Waals surface area contributed by atoms with Crippen molar-refractivity contribution in [2.24, 2.45) is 0 Å². The first-order chi connectivity index (χ1) is 15.7. The maximum atomic E-state index is 13.8. The molecule has 33 heavy (non-hydrogen) atoms. The highest BCUT2D eigenvalue weighted by Gasteiger charge is 2.44. The summed E-state index contributed by atoms with van der Waals surface area (Å²) in [7, 11) is 0. The van der Waals surface area contributed by atoms with Gasteiger partial charge in [0, 0.05) is 25.7 Å². The van der Waals surface area contributed by atoms with Crippen LogP contribution in [-0.2, 0) is 19.1 Å². The second-order valence-electron chi connectivity index (χ2n) is 8.88. The third-order valence-electron chi connectivity index (χ3n) is 5.89. The Morgan fingerprint density at radius 2 is 1.61 bits per heavy atom. The minimum atomic E-state index is -0.346. The molecule has 1 N–H and O–H groups in total. The van der Waals surface area contributed by atoms with Crippen molar-refractivity contribution < 1.29 is 19.1 Å². The van der Waals surface area contributed by atoms with Gasteiger partial charge in [-0.2, -0.15) is 0 Å². The van der Waals surface area contributed by atoms with Gasteiger partial charge in [-0.25, -0.2) is 4.90 Å². The first kappa shape index (κ1) is 22.7. The first-order valence-corrected chi connectivity index (χ1v) is 11.1. The normalized spacial score (nSPS) is 21.1. The second-order valence-corrected chi connectivity index (χ2v) is 8.88. The largest absolute Gasteiger partial charge is 0.372 e. The molecule has 1 fully saturated rings. The number of hydrogen-bond acceptors (Lipinski definition) is 5. The molecule has 2 atom stereocenters. The Kier molecular flexibility index (Phi) is 6.08. The van der Waals surface area contributed by atoms with Crippen LogP contribution < -0.4 is 10.2 Å². The Morgan fingerprint density at radius 1 is 0.970 bits per heavy atom. The lowest BCUT2D eigenvalue weighted by molar-refractivity contribution is -0.121. The van der Waals surface area contributed by atoms with Crippen LogP contribution in [0.25, 0.3) is 5.57 Å². The first-order valence-electron chi connectivity index (χ1n) is 11.1. The number of ether oxygens (including phenoxy) is 1. The summed E-state index contributed by atoms with van der Waals surface area (Å²) in [5, 5.41) is 2.70. The van der Waals surface area contributed by atoms with Crippen LogP contribution in [0, 0.1) is 13.8 Å². The molecule has 7 heteroatoms. The highest BCUT2D eigenvalue weighted by atomic mass is 16.5. The minimum Gasteiger partial charge on any atom is -0.372 e. The van der Waals surface area contributed by atoms with Crippen LogP contribution >= 0.6 is 0 Å². The smallest absolute Gasteiger partial charge is 0.282 e. The predicted octanol–water partition coefficient (Wildman–Crippen LogP) is 3.66. The SMILES string of the molecule is CC(=O)Nc1ccc(N2C(=O)C(c3ccc(C)cc3C)=C(N3CC(C)OC(C)C3)C2=O)cc1. The quantitative estimate of drug-likeness (QED) is 0.724. The summed E-state index contributed by atoms with van der Waals surface area (Å²) in [6.07, 6.45) is -0.119. The number of anilines is 2. The van der Waals surface area contributed by atoms with Gasteiger partial charge in [0.15, 0.2) is 0 Å². The predicted molar refractivity (Wildman–Crippen MR) is 128 cm³/mol. The molecule has 2 heterocycles. The molecule has 3 amide bonds. The molecule has 0 aliphatic carbocycles. The van der Waals surface area contributed by atoms with Gasteiger partial charge in [-0.3, -0.25) is 14.4 Å². The highest BCUT2D eigenvalue weighted by Crippen LogP contribution is 2.37. The van der Waals surface area contributed by atoms with Crippen LogP contribution in [0.4, 0.5) is 11.4 Å². The van der Waals surface area contributed by atoms with E-state index in [9.17, 15) is 14.4 Å². The molecule has 7 nitrogen and oxygen atoms in total. The molecule has 0 radical (unpaired) electrons. The minimum absolute atomic E-state index is 0.0597. The van der Waals surface area contributed by atoms with Gasteiger partial charge in [0.2, 0.25) is 5.91 Å². The van der Waals surface area contributed by atoms with Gasteiger partial charge in [0.1, 0.15) is 5.70 Å². The Bertz CT molecular complexity index is 1140. The van der Waals surface area contributed by atoms with E-state index in [0.29, 0.717) is 35.7 Å². The Morgan fingerprint density at radius 3 is 2.18 bits per heavy atom. The Balaban J connectivity index is 1.80. The molecule has 0 bridgehead atoms. The molecular weight excluding hydrogens is 418 g/mol. The molecule has 2 aliphatic heterocycles. The number of hydrogen-bond donors (Lipinski definition) is 1. The summed E-state index contributed by atoms with van der Waals surface area (Å²) in [6, 6.07) is 12.6. The second kappa shape index (κ2) is 8.83. The van der Waals surface area contributed by atoms with Crippen molar-refractivity contribution in [1.29, 1.82) is 0 Å². The van der Waals surface area contributed by atoms with Gasteiger partial charge in [0.25, 0.3) is 11.8 Å². The van der Waals surface area contributed by atoms with E-state index in [1.807, 2.05) is 50.8 Å². The van der Waals surface area contributed by atoms with Gasteiger partial charge in [0.05, 0.1) is 23.5 Å². The molecule has 0 aromatic heterocycles. The number of rotatable bonds is 4. The number of aryl methyl sites for hydroxylation is 2. The molecule has 1 saturated heterocycles. The van der Waals surface area contributed by atoms with E-state index in [0.717, 1.165) is 16.7 Å². The molecule has 2 aromatic rings. The monoisotopic (exact) mass is 447 g/mol. The van der Waals surface area contributed by atoms with Gasteiger partial charge < -0.3 is 15.0 Å². The van der Waals surface area contributed by atoms with Crippen LogP contribution in [0.15, 0.2) is 48.2 Å². The summed E-state index contributed by atoms with van der Waals surface area (Å²) >= 11 is 0. The molecular formula is C26H29N3O4. The zero-order valence-corrected chi connectivity index (χ0v) is 19.6. The number of amides is 3. The number of nitrogens with one attached hydrogen (secondary N) is 1. The fourth-order valence-corrected chi connectivity index (χ4v) is 4.64. The van der Waals surface area contributed by atoms with Crippen molar-refractivity contribution in [3.63, 3.8) is 0 Å². The third kappa shape index (κ3) is 4.41. The van der Waals surface area contributed by atoms with Crippen molar-refractivity contribution in [2.75, 3.05) is 23.3 Å². The molecule has 0 spiro atoms. The summed E-state index contributed by atoms with van der Waals surface area (Å²) < 4.78 is 5.87. The zero-order valence-electron chi connectivity index (χ0n) is 19.6. The van der Waals surface area contributed by atoms with E-state index < -0.39 is 0 Å². The summed E-state index contributed by atoms with van der Waals surface area (Å²) in [5.74, 6) is -0.878. The van der Waals surface area contributed by atoms with Gasteiger partial charge in [-0.1, -0.05) is 23.8 Å². The lowest BCUT2D eigenvalue weighted by atomic mass is 9.97. The van der Waals surface area contributed by atoms with Crippen molar-refractivity contribution in [1.82, 2.24) is 4.90 Å². The van der Waals surface area contributed by atoms with Gasteiger partial charge >= 0.3 is 0 Å². The maximum absolute atomic E-state index is 13.8. The Labute approximate surface area is 194 Å². The number of imide groups is 1. The highest BCUT2D eigenvalue weighted by molar-refractivity contribution is 6.45. The van der Waals surface area contributed by atoms with Crippen LogP contribution in [0.1, 0.15) is 37.5 Å². The maximum Gasteiger partial charge on any atom is 0.282 e. The zero-order chi connectivity index (χ0) is 23.9. The molecule has 2 unspecified atom stereocenters. The van der Waals surface area contributed by atoms with E-state index in [2.05, 4.69) is 5.32 Å². The average Bonchev–Trinajstić information content (AvgIpc) is 2.98. The lowest BCUT2D eigenvalue weighted by Gasteiger charge is -2.37. The number of benzene rings is 2. The molecule has 172 valence electrons. The number of carbonyl (C=O) groups excluding carboxylic acids is 3. The van der Waals surface area contributed by atoms with E-state index >= 15 is 0 Å². The average molecular weight is 448 g/mol. The Hall–Kier alpha value is -3.45. The van der Waals surface area contributed by atoms with Crippen LogP contribution in [0.5, 0.6) is 0 Å². The molecule has 0 saturated carbocycles. The lowest BCUT2D eigenvalue weighted by Crippen LogP contribution is -2.47. The van der Waals surface area contributed by atoms with Crippen LogP contribution in [0.2, 0.25) is 0 Å². The molecule has 4 rings (SSSR count). The third-order valence-corrected chi connectivity index (χ3v) is 5.89. The van der Waals surface area contributed by atoms with Gasteiger partial charge in [-0.05, 0) is 63.1 Å². The van der Waals surface area contributed by atoms with Crippen LogP contribution in [-0.4, -0.2) is 47.9 Å². The number of nitrogens with zero attached hydrogens (tertiary/aromatic N) is 2. The van der Waals surface area contributed by atoms with E-state index in [-0.39, 0.29) is 29.9 Å². The summed E-state index contributed by atoms with van der Waals surface area (Å²) in [6.45, 7) is 10.4. The van der Waals surface area contributed by atoms with Crippen molar-refractivity contribution in [3.8, 4) is 0 Å². The van der Waals surface area contributed by atoms with Gasteiger partial charge in [-0.15, -0.1) is 0 Å². The van der Waals surface area contributed by atoms with E-state index in [1.54, 1.807) is 24.3 Å². The standard InChI is InChI=1S/C26H29N3O4/c1-15-6-11-22(16(2)12-15)23-24(28-13-17(3)33-18(4)14-28)26(32)29(25(23)31)21-9-7-20(8-10-21)27-19(5)30/h6-12,17-18H,13-14H2,1-5H3,(H,27,30). The fraction of sp³-hybridized carbons (Fsp3) is 0.346. The molecule has 2 aliphatic rings. The fourth-order valence-electron chi connectivity index (χ4n) is 4.64. The van der Waals surface area contributed by atoms with E-state index in [4.69, 9.17) is 4.74 Å². The van der Waals surface area contributed by atoms with Crippen molar-refractivity contribution in [2.45, 2.75) is 46.8 Å². The van der Waals surface area contributed by atoms with E-state index in [1.165, 1.54) is 11.8 Å². The van der Waals surface area contributed by atoms with Crippen molar-refractivity contribution in [3.05, 3.63) is 64.9 Å². The summed E-state index contributed by atoms with van der Waals surface area (Å²) in [5.41, 5.74) is 4.70. The molecule has 2 aromatic carbocycles. The van der Waals surface area contributed by atoms with Crippen molar-refractivity contribution >= 4 is 34.7 Å².